The van der Waals surface area contributed by atoms with Gasteiger partial charge in [-0.05, 0) is 30.3 Å². The molecule has 0 unspecified atom stereocenters. The first-order chi connectivity index (χ1) is 9.28. The lowest BCUT2D eigenvalue weighted by atomic mass is 10.1. The number of H-pyrrole nitrogens is 1. The second-order valence-corrected chi connectivity index (χ2v) is 4.67. The molecular weight excluding hydrogens is 260 g/mol. The van der Waals surface area contributed by atoms with Crippen LogP contribution in [0.15, 0.2) is 46.5 Å². The highest BCUT2D eigenvalue weighted by molar-refractivity contribution is 6.31. The van der Waals surface area contributed by atoms with Crippen LogP contribution in [-0.4, -0.2) is 30.1 Å². The van der Waals surface area contributed by atoms with Crippen molar-refractivity contribution in [2.45, 2.75) is 0 Å². The normalized spacial score (nSPS) is 16.5. The van der Waals surface area contributed by atoms with Crippen LogP contribution >= 0.6 is 11.6 Å². The molecule has 5 heteroatoms. The summed E-state index contributed by atoms with van der Waals surface area (Å²) < 4.78 is 0. The van der Waals surface area contributed by atoms with Crippen molar-refractivity contribution in [3.63, 3.8) is 0 Å². The number of benzene rings is 1. The molecule has 0 aliphatic carbocycles. The molecule has 0 atom stereocenters. The third kappa shape index (κ3) is 2.27. The van der Waals surface area contributed by atoms with E-state index in [0.717, 1.165) is 28.5 Å². The maximum Gasteiger partial charge on any atom is 0.122 e. The number of nitrogens with one attached hydrogen (secondary N) is 2. The molecule has 0 fully saturated rings. The van der Waals surface area contributed by atoms with E-state index in [1.54, 1.807) is 7.05 Å². The maximum absolute atomic E-state index is 6.10. The van der Waals surface area contributed by atoms with E-state index >= 15 is 0 Å². The van der Waals surface area contributed by atoms with Crippen molar-refractivity contribution in [1.82, 2.24) is 4.98 Å². The van der Waals surface area contributed by atoms with Crippen LogP contribution in [0.4, 0.5) is 5.69 Å². The average Bonchev–Trinajstić information content (AvgIpc) is 2.87. The molecule has 96 valence electrons. The molecule has 0 amide bonds. The van der Waals surface area contributed by atoms with Crippen molar-refractivity contribution < 1.29 is 0 Å². The van der Waals surface area contributed by atoms with Gasteiger partial charge < -0.3 is 10.3 Å². The van der Waals surface area contributed by atoms with Gasteiger partial charge in [-0.2, -0.15) is 0 Å². The minimum absolute atomic E-state index is 0.525. The summed E-state index contributed by atoms with van der Waals surface area (Å²) in [6.45, 7) is 0.525. The molecule has 0 saturated carbocycles. The van der Waals surface area contributed by atoms with Crippen molar-refractivity contribution >= 4 is 28.8 Å². The summed E-state index contributed by atoms with van der Waals surface area (Å²) in [6, 6.07) is 9.68. The number of aromatic nitrogens is 1. The number of fused-ring (bicyclic) bond motifs is 1. The third-order valence-corrected chi connectivity index (χ3v) is 3.26. The van der Waals surface area contributed by atoms with Crippen LogP contribution in [0.25, 0.3) is 0 Å². The molecule has 0 bridgehead atoms. The fraction of sp³-hybridized carbons (Fsp3) is 0.143. The van der Waals surface area contributed by atoms with E-state index in [2.05, 4.69) is 20.3 Å². The number of nitrogens with zero attached hydrogens (tertiary/aromatic N) is 2. The number of anilines is 1. The molecule has 1 aliphatic heterocycles. The number of benzodiazepines with no additional fused rings is 1. The number of amidine groups is 1. The molecule has 2 aromatic rings. The zero-order valence-electron chi connectivity index (χ0n) is 10.4. The monoisotopic (exact) mass is 272 g/mol. The van der Waals surface area contributed by atoms with Crippen molar-refractivity contribution in [2.75, 3.05) is 18.9 Å². The van der Waals surface area contributed by atoms with E-state index in [0.29, 0.717) is 11.6 Å². The first-order valence-corrected chi connectivity index (χ1v) is 6.36. The first kappa shape index (κ1) is 12.0. The Morgan fingerprint density at radius 2 is 2.21 bits per heavy atom. The zero-order valence-corrected chi connectivity index (χ0v) is 11.2. The SMILES string of the molecule is CN=C1CN=C(c2ccc[nH]2)c2cc(Cl)ccc2N1. The van der Waals surface area contributed by atoms with E-state index < -0.39 is 0 Å². The number of aliphatic imine (C=N–C) groups is 2. The molecular formula is C14H13ClN4. The van der Waals surface area contributed by atoms with Gasteiger partial charge in [0.1, 0.15) is 5.84 Å². The Labute approximate surface area is 116 Å². The quantitative estimate of drug-likeness (QED) is 0.824. The van der Waals surface area contributed by atoms with Crippen LogP contribution in [0.1, 0.15) is 11.3 Å². The number of halogens is 1. The number of rotatable bonds is 1. The Bertz CT molecular complexity index is 656. The molecule has 4 nitrogen and oxygen atoms in total. The standard InChI is InChI=1S/C14H13ClN4/c1-16-13-8-18-14(12-3-2-6-17-12)10-7-9(15)4-5-11(10)19-13/h2-7,17H,8H2,1H3,(H,16,19). The van der Waals surface area contributed by atoms with E-state index in [-0.39, 0.29) is 0 Å². The Balaban J connectivity index is 2.19. The van der Waals surface area contributed by atoms with Crippen LogP contribution < -0.4 is 5.32 Å². The van der Waals surface area contributed by atoms with Crippen molar-refractivity contribution in [2.24, 2.45) is 9.98 Å². The Morgan fingerprint density at radius 1 is 1.32 bits per heavy atom. The number of aromatic amines is 1. The smallest absolute Gasteiger partial charge is 0.122 e. The fourth-order valence-corrected chi connectivity index (χ4v) is 2.26. The Kier molecular flexibility index (Phi) is 3.09. The lowest BCUT2D eigenvalue weighted by Crippen LogP contribution is -2.14. The summed E-state index contributed by atoms with van der Waals surface area (Å²) in [4.78, 5) is 12.0. The molecule has 1 aromatic carbocycles. The second kappa shape index (κ2) is 4.90. The zero-order chi connectivity index (χ0) is 13.2. The summed E-state index contributed by atoms with van der Waals surface area (Å²) in [5, 5.41) is 3.98. The molecule has 0 saturated heterocycles. The summed E-state index contributed by atoms with van der Waals surface area (Å²) in [5.41, 5.74) is 3.82. The van der Waals surface area contributed by atoms with Gasteiger partial charge in [-0.15, -0.1) is 0 Å². The van der Waals surface area contributed by atoms with Crippen molar-refractivity contribution in [1.29, 1.82) is 0 Å². The molecule has 3 rings (SSSR count). The fourth-order valence-electron chi connectivity index (χ4n) is 2.09. The van der Waals surface area contributed by atoms with Crippen LogP contribution in [0.5, 0.6) is 0 Å². The Morgan fingerprint density at radius 3 is 2.95 bits per heavy atom. The van der Waals surface area contributed by atoms with Crippen LogP contribution in [0, 0.1) is 0 Å². The third-order valence-electron chi connectivity index (χ3n) is 3.03. The van der Waals surface area contributed by atoms with Gasteiger partial charge in [-0.1, -0.05) is 11.6 Å². The van der Waals surface area contributed by atoms with Crippen molar-refractivity contribution in [3.8, 4) is 0 Å². The van der Waals surface area contributed by atoms with Gasteiger partial charge in [0.2, 0.25) is 0 Å². The van der Waals surface area contributed by atoms with E-state index in [1.807, 2.05) is 36.5 Å². The van der Waals surface area contributed by atoms with Gasteiger partial charge >= 0.3 is 0 Å². The van der Waals surface area contributed by atoms with Gasteiger partial charge in [0.05, 0.1) is 18.0 Å². The minimum atomic E-state index is 0.525. The lowest BCUT2D eigenvalue weighted by Gasteiger charge is -2.10. The molecule has 1 aliphatic rings. The summed E-state index contributed by atoms with van der Waals surface area (Å²) in [6.07, 6.45) is 1.88. The van der Waals surface area contributed by atoms with Gasteiger partial charge in [0, 0.05) is 29.5 Å². The van der Waals surface area contributed by atoms with E-state index in [4.69, 9.17) is 11.6 Å². The topological polar surface area (TPSA) is 52.5 Å². The maximum atomic E-state index is 6.10. The van der Waals surface area contributed by atoms with Crippen LogP contribution in [0.2, 0.25) is 5.02 Å². The average molecular weight is 273 g/mol. The lowest BCUT2D eigenvalue weighted by molar-refractivity contribution is 1.24. The molecule has 2 N–H and O–H groups in total. The minimum Gasteiger partial charge on any atom is -0.360 e. The van der Waals surface area contributed by atoms with Crippen LogP contribution in [-0.2, 0) is 0 Å². The van der Waals surface area contributed by atoms with E-state index in [1.165, 1.54) is 0 Å². The first-order valence-electron chi connectivity index (χ1n) is 5.99. The highest BCUT2D eigenvalue weighted by atomic mass is 35.5. The van der Waals surface area contributed by atoms with E-state index in [9.17, 15) is 0 Å². The predicted octanol–water partition coefficient (Wildman–Crippen LogP) is 2.96. The molecule has 0 radical (unpaired) electrons. The molecule has 19 heavy (non-hydrogen) atoms. The highest BCUT2D eigenvalue weighted by Crippen LogP contribution is 2.25. The molecule has 0 spiro atoms. The summed E-state index contributed by atoms with van der Waals surface area (Å²) in [5.74, 6) is 0.838. The summed E-state index contributed by atoms with van der Waals surface area (Å²) in [7, 11) is 1.76. The second-order valence-electron chi connectivity index (χ2n) is 4.23. The van der Waals surface area contributed by atoms with Gasteiger partial charge in [-0.3, -0.25) is 9.98 Å². The van der Waals surface area contributed by atoms with Crippen molar-refractivity contribution in [3.05, 3.63) is 52.8 Å². The van der Waals surface area contributed by atoms with Gasteiger partial charge in [0.15, 0.2) is 0 Å². The predicted molar refractivity (Wildman–Crippen MR) is 79.7 cm³/mol. The largest absolute Gasteiger partial charge is 0.360 e. The highest BCUT2D eigenvalue weighted by Gasteiger charge is 2.17. The number of hydrogen-bond donors (Lipinski definition) is 2. The van der Waals surface area contributed by atoms with Crippen LogP contribution in [0.3, 0.4) is 0 Å². The van der Waals surface area contributed by atoms with Gasteiger partial charge in [0.25, 0.3) is 0 Å². The molecule has 1 aromatic heterocycles. The number of hydrogen-bond acceptors (Lipinski definition) is 2. The summed E-state index contributed by atoms with van der Waals surface area (Å²) >= 11 is 6.10. The molecule has 2 heterocycles. The Hall–Kier alpha value is -2.07. The van der Waals surface area contributed by atoms with Gasteiger partial charge in [-0.25, -0.2) is 0 Å².